The van der Waals surface area contributed by atoms with Crippen LogP contribution in [0.2, 0.25) is 0 Å². The zero-order valence-electron chi connectivity index (χ0n) is 10.3. The molecule has 0 fully saturated rings. The molecule has 0 aromatic heterocycles. The van der Waals surface area contributed by atoms with Gasteiger partial charge in [-0.05, 0) is 30.0 Å². The number of rotatable bonds is 4. The first-order valence-corrected chi connectivity index (χ1v) is 6.18. The predicted octanol–water partition coefficient (Wildman–Crippen LogP) is 4.04. The van der Waals surface area contributed by atoms with Gasteiger partial charge in [0.1, 0.15) is 5.82 Å². The van der Waals surface area contributed by atoms with Crippen molar-refractivity contribution in [1.29, 1.82) is 0 Å². The number of nitrogens with one attached hydrogen (secondary N) is 1. The summed E-state index contributed by atoms with van der Waals surface area (Å²) in [5.41, 5.74) is 1.19. The molecule has 0 amide bonds. The second-order valence-corrected chi connectivity index (χ2v) is 4.20. The van der Waals surface area contributed by atoms with Gasteiger partial charge in [-0.25, -0.2) is 4.39 Å². The van der Waals surface area contributed by atoms with Crippen LogP contribution < -0.4 is 5.32 Å². The van der Waals surface area contributed by atoms with Crippen molar-refractivity contribution in [3.05, 3.63) is 47.8 Å². The molecule has 1 N–H and O–H groups in total. The van der Waals surface area contributed by atoms with E-state index < -0.39 is 0 Å². The fourth-order valence-corrected chi connectivity index (χ4v) is 2.31. The Balaban J connectivity index is 2.57. The Morgan fingerprint density at radius 2 is 1.76 bits per heavy atom. The Kier molecular flexibility index (Phi) is 3.75. The minimum Gasteiger partial charge on any atom is -0.310 e. The van der Waals surface area contributed by atoms with Crippen LogP contribution in [-0.2, 0) is 0 Å². The molecule has 1 atom stereocenters. The first kappa shape index (κ1) is 12.1. The Labute approximate surface area is 102 Å². The fourth-order valence-electron chi connectivity index (χ4n) is 2.31. The quantitative estimate of drug-likeness (QED) is 0.837. The van der Waals surface area contributed by atoms with E-state index in [0.717, 1.165) is 18.4 Å². The summed E-state index contributed by atoms with van der Waals surface area (Å²) in [5, 5.41) is 5.16. The summed E-state index contributed by atoms with van der Waals surface area (Å²) in [6.45, 7) is 5.16. The van der Waals surface area contributed by atoms with Crippen molar-refractivity contribution in [2.24, 2.45) is 0 Å². The van der Waals surface area contributed by atoms with Crippen LogP contribution in [-0.4, -0.2) is 6.54 Å². The van der Waals surface area contributed by atoms with E-state index in [4.69, 9.17) is 0 Å². The molecule has 0 spiro atoms. The van der Waals surface area contributed by atoms with Crippen molar-refractivity contribution < 1.29 is 4.39 Å². The third-order valence-corrected chi connectivity index (χ3v) is 3.14. The highest BCUT2D eigenvalue weighted by molar-refractivity contribution is 5.86. The zero-order valence-corrected chi connectivity index (χ0v) is 10.3. The van der Waals surface area contributed by atoms with Crippen molar-refractivity contribution in [1.82, 2.24) is 5.32 Å². The van der Waals surface area contributed by atoms with E-state index in [-0.39, 0.29) is 5.82 Å². The summed E-state index contributed by atoms with van der Waals surface area (Å²) < 4.78 is 13.7. The average Bonchev–Trinajstić information content (AvgIpc) is 2.37. The monoisotopic (exact) mass is 231 g/mol. The normalized spacial score (nSPS) is 12.9. The van der Waals surface area contributed by atoms with E-state index in [1.807, 2.05) is 30.3 Å². The molecule has 2 rings (SSSR count). The first-order chi connectivity index (χ1) is 8.27. The molecule has 1 nitrogen and oxygen atoms in total. The van der Waals surface area contributed by atoms with Gasteiger partial charge in [-0.3, -0.25) is 0 Å². The summed E-state index contributed by atoms with van der Waals surface area (Å²) in [7, 11) is 0. The van der Waals surface area contributed by atoms with Crippen molar-refractivity contribution in [3.63, 3.8) is 0 Å². The third kappa shape index (κ3) is 2.32. The van der Waals surface area contributed by atoms with Gasteiger partial charge in [0.2, 0.25) is 0 Å². The number of halogens is 1. The van der Waals surface area contributed by atoms with Gasteiger partial charge in [0.05, 0.1) is 0 Å². The summed E-state index contributed by atoms with van der Waals surface area (Å²) in [5.74, 6) is -0.143. The molecule has 2 aromatic rings. The molecule has 0 radical (unpaired) electrons. The summed E-state index contributed by atoms with van der Waals surface area (Å²) in [4.78, 5) is 0. The van der Waals surface area contributed by atoms with E-state index in [1.54, 1.807) is 6.07 Å². The highest BCUT2D eigenvalue weighted by Crippen LogP contribution is 2.27. The highest BCUT2D eigenvalue weighted by atomic mass is 19.1. The van der Waals surface area contributed by atoms with E-state index in [1.165, 1.54) is 5.56 Å². The van der Waals surface area contributed by atoms with Gasteiger partial charge in [-0.1, -0.05) is 44.2 Å². The van der Waals surface area contributed by atoms with Crippen LogP contribution in [0.3, 0.4) is 0 Å². The molecular formula is C15H18FN. The van der Waals surface area contributed by atoms with E-state index in [9.17, 15) is 4.39 Å². The molecule has 90 valence electrons. The predicted molar refractivity (Wildman–Crippen MR) is 70.6 cm³/mol. The first-order valence-electron chi connectivity index (χ1n) is 6.18. The average molecular weight is 231 g/mol. The van der Waals surface area contributed by atoms with Crippen LogP contribution >= 0.6 is 0 Å². The van der Waals surface area contributed by atoms with E-state index in [0.29, 0.717) is 11.4 Å². The van der Waals surface area contributed by atoms with Crippen LogP contribution in [0.25, 0.3) is 10.8 Å². The number of hydrogen-bond donors (Lipinski definition) is 1. The molecule has 0 saturated heterocycles. The Morgan fingerprint density at radius 1 is 1.06 bits per heavy atom. The molecule has 17 heavy (non-hydrogen) atoms. The molecular weight excluding hydrogens is 213 g/mol. The maximum Gasteiger partial charge on any atom is 0.131 e. The van der Waals surface area contributed by atoms with Gasteiger partial charge in [-0.2, -0.15) is 0 Å². The fraction of sp³-hybridized carbons (Fsp3) is 0.333. The minimum absolute atomic E-state index is 0.143. The Hall–Kier alpha value is -1.41. The molecule has 0 aliphatic carbocycles. The second-order valence-electron chi connectivity index (χ2n) is 4.20. The highest BCUT2D eigenvalue weighted by Gasteiger charge is 2.12. The van der Waals surface area contributed by atoms with Crippen molar-refractivity contribution in [2.75, 3.05) is 6.54 Å². The molecule has 0 aliphatic heterocycles. The largest absolute Gasteiger partial charge is 0.310 e. The van der Waals surface area contributed by atoms with Crippen LogP contribution in [0, 0.1) is 5.82 Å². The molecule has 0 saturated carbocycles. The molecule has 0 aliphatic rings. The van der Waals surface area contributed by atoms with Gasteiger partial charge in [-0.15, -0.1) is 0 Å². The minimum atomic E-state index is -0.143. The van der Waals surface area contributed by atoms with E-state index >= 15 is 0 Å². The van der Waals surface area contributed by atoms with Crippen LogP contribution in [0.5, 0.6) is 0 Å². The maximum absolute atomic E-state index is 13.7. The zero-order chi connectivity index (χ0) is 12.3. The lowest BCUT2D eigenvalue weighted by Crippen LogP contribution is -2.20. The molecule has 2 aromatic carbocycles. The van der Waals surface area contributed by atoms with Crippen molar-refractivity contribution in [3.8, 4) is 0 Å². The maximum atomic E-state index is 13.7. The third-order valence-electron chi connectivity index (χ3n) is 3.14. The lowest BCUT2D eigenvalue weighted by atomic mass is 9.97. The summed E-state index contributed by atoms with van der Waals surface area (Å²) in [6.07, 6.45) is 1.00. The van der Waals surface area contributed by atoms with Crippen LogP contribution in [0.4, 0.5) is 4.39 Å². The number of benzene rings is 2. The van der Waals surface area contributed by atoms with E-state index in [2.05, 4.69) is 19.2 Å². The molecule has 0 bridgehead atoms. The number of hydrogen-bond acceptors (Lipinski definition) is 1. The van der Waals surface area contributed by atoms with Crippen molar-refractivity contribution >= 4 is 10.8 Å². The number of fused-ring (bicyclic) bond motifs is 1. The van der Waals surface area contributed by atoms with Gasteiger partial charge in [0, 0.05) is 11.4 Å². The smallest absolute Gasteiger partial charge is 0.131 e. The topological polar surface area (TPSA) is 12.0 Å². The summed E-state index contributed by atoms with van der Waals surface area (Å²) >= 11 is 0. The Bertz CT molecular complexity index is 507. The molecule has 0 heterocycles. The van der Waals surface area contributed by atoms with Gasteiger partial charge < -0.3 is 5.32 Å². The SMILES string of the molecule is CCNC(CC)c1ccc(F)c2ccccc12. The van der Waals surface area contributed by atoms with Gasteiger partial charge >= 0.3 is 0 Å². The molecule has 2 heteroatoms. The van der Waals surface area contributed by atoms with Gasteiger partial charge in [0.15, 0.2) is 0 Å². The summed E-state index contributed by atoms with van der Waals surface area (Å²) in [6, 6.07) is 11.4. The van der Waals surface area contributed by atoms with Crippen LogP contribution in [0.1, 0.15) is 31.9 Å². The van der Waals surface area contributed by atoms with Gasteiger partial charge in [0.25, 0.3) is 0 Å². The Morgan fingerprint density at radius 3 is 2.41 bits per heavy atom. The lowest BCUT2D eigenvalue weighted by Gasteiger charge is -2.18. The lowest BCUT2D eigenvalue weighted by molar-refractivity contribution is 0.539. The molecule has 1 unspecified atom stereocenters. The standard InChI is InChI=1S/C15H18FN/c1-3-15(17-4-2)13-9-10-14(16)12-8-6-5-7-11(12)13/h5-10,15,17H,3-4H2,1-2H3. The van der Waals surface area contributed by atoms with Crippen LogP contribution in [0.15, 0.2) is 36.4 Å². The second kappa shape index (κ2) is 5.28. The van der Waals surface area contributed by atoms with Crippen molar-refractivity contribution in [2.45, 2.75) is 26.3 Å².